The molecule has 1 aliphatic rings. The van der Waals surface area contributed by atoms with Crippen LogP contribution < -0.4 is 20.8 Å². The Labute approximate surface area is 200 Å². The molecule has 1 saturated heterocycles. The zero-order valence-electron chi connectivity index (χ0n) is 19.8. The van der Waals surface area contributed by atoms with E-state index in [-0.39, 0.29) is 23.3 Å². The third-order valence-electron chi connectivity index (χ3n) is 6.53. The molecule has 11 nitrogen and oxygen atoms in total. The highest BCUT2D eigenvalue weighted by molar-refractivity contribution is 6.02. The fraction of sp³-hybridized carbons (Fsp3) is 0.333. The number of methoxy groups -OCH3 is 2. The predicted octanol–water partition coefficient (Wildman–Crippen LogP) is 2.79. The quantitative estimate of drug-likeness (QED) is 0.417. The van der Waals surface area contributed by atoms with Crippen molar-refractivity contribution in [1.82, 2.24) is 24.9 Å². The number of ether oxygens (including phenoxy) is 2. The first kappa shape index (κ1) is 22.5. The Morgan fingerprint density at radius 2 is 2.11 bits per heavy atom. The molecule has 35 heavy (non-hydrogen) atoms. The van der Waals surface area contributed by atoms with E-state index in [0.717, 1.165) is 23.8 Å². The average Bonchev–Trinajstić information content (AvgIpc) is 3.44. The zero-order valence-corrected chi connectivity index (χ0v) is 19.8. The van der Waals surface area contributed by atoms with E-state index in [0.29, 0.717) is 47.0 Å². The van der Waals surface area contributed by atoms with Gasteiger partial charge in [-0.25, -0.2) is 5.10 Å². The molecule has 1 atom stereocenters. The Balaban J connectivity index is 1.79. The fourth-order valence-corrected chi connectivity index (χ4v) is 4.84. The standard InChI is InChI=1S/C24H26N6O5/c1-5-17(31)29-8-6-7-13(11-29)30-21(19-20(28-30)24(32)27-26-23(19)25)22-12(2)18-15(34-4)9-14(33-3)10-16(18)35-22/h5,9-10,13H,1,6-8,11H2,2-4H3,(H2,25,26)(H,27,32). The van der Waals surface area contributed by atoms with Crippen LogP contribution in [0.4, 0.5) is 5.82 Å². The van der Waals surface area contributed by atoms with E-state index < -0.39 is 5.56 Å². The maximum atomic E-state index is 12.7. The van der Waals surface area contributed by atoms with Crippen molar-refractivity contribution < 1.29 is 18.7 Å². The number of hydrogen-bond donors (Lipinski definition) is 2. The molecule has 4 aromatic rings. The summed E-state index contributed by atoms with van der Waals surface area (Å²) >= 11 is 0. The lowest BCUT2D eigenvalue weighted by Crippen LogP contribution is -2.40. The van der Waals surface area contributed by atoms with Crippen LogP contribution in [0.25, 0.3) is 33.3 Å². The summed E-state index contributed by atoms with van der Waals surface area (Å²) in [5, 5.41) is 12.2. The molecule has 0 bridgehead atoms. The van der Waals surface area contributed by atoms with E-state index >= 15 is 0 Å². The number of benzene rings is 1. The molecule has 0 aliphatic carbocycles. The summed E-state index contributed by atoms with van der Waals surface area (Å²) in [7, 11) is 3.15. The summed E-state index contributed by atoms with van der Waals surface area (Å²) in [6, 6.07) is 3.35. The largest absolute Gasteiger partial charge is 0.496 e. The highest BCUT2D eigenvalue weighted by atomic mass is 16.5. The molecule has 11 heteroatoms. The van der Waals surface area contributed by atoms with Crippen LogP contribution >= 0.6 is 0 Å². The number of rotatable bonds is 5. The number of furan rings is 1. The zero-order chi connectivity index (χ0) is 24.9. The van der Waals surface area contributed by atoms with Crippen molar-refractivity contribution in [3.05, 3.63) is 40.7 Å². The van der Waals surface area contributed by atoms with Gasteiger partial charge in [-0.05, 0) is 25.8 Å². The lowest BCUT2D eigenvalue weighted by molar-refractivity contribution is -0.127. The lowest BCUT2D eigenvalue weighted by Gasteiger charge is -2.32. The molecule has 0 saturated carbocycles. The van der Waals surface area contributed by atoms with Crippen LogP contribution in [0, 0.1) is 6.92 Å². The first-order valence-electron chi connectivity index (χ1n) is 11.2. The van der Waals surface area contributed by atoms with Crippen LogP contribution in [0.1, 0.15) is 24.4 Å². The van der Waals surface area contributed by atoms with Crippen LogP contribution in [-0.2, 0) is 4.79 Å². The summed E-state index contributed by atoms with van der Waals surface area (Å²) in [6.07, 6.45) is 2.83. The minimum atomic E-state index is -0.461. The number of nitrogen functional groups attached to an aromatic ring is 1. The third-order valence-corrected chi connectivity index (χ3v) is 6.53. The van der Waals surface area contributed by atoms with Crippen LogP contribution in [0.5, 0.6) is 11.5 Å². The number of hydrogen-bond acceptors (Lipinski definition) is 8. The Morgan fingerprint density at radius 1 is 1.31 bits per heavy atom. The Bertz CT molecular complexity index is 1530. The van der Waals surface area contributed by atoms with Crippen molar-refractivity contribution in [3.8, 4) is 23.0 Å². The SMILES string of the molecule is C=CC(=O)N1CCCC(n2nc3c(=O)[nH]nc(N)c3c2-c2oc3cc(OC)cc(OC)c3c2C)C1. The van der Waals surface area contributed by atoms with Crippen molar-refractivity contribution in [2.75, 3.05) is 33.0 Å². The van der Waals surface area contributed by atoms with Gasteiger partial charge in [-0.15, -0.1) is 0 Å². The van der Waals surface area contributed by atoms with Crippen LogP contribution in [-0.4, -0.2) is 58.1 Å². The van der Waals surface area contributed by atoms with Crippen LogP contribution in [0.15, 0.2) is 34.0 Å². The topological polar surface area (TPSA) is 142 Å². The van der Waals surface area contributed by atoms with Crippen molar-refractivity contribution >= 4 is 33.6 Å². The number of nitrogens with two attached hydrogens (primary N) is 1. The van der Waals surface area contributed by atoms with Gasteiger partial charge in [-0.2, -0.15) is 10.2 Å². The van der Waals surface area contributed by atoms with E-state index in [1.165, 1.54) is 6.08 Å². The number of anilines is 1. The number of nitrogens with zero attached hydrogens (tertiary/aromatic N) is 4. The Kier molecular flexibility index (Phi) is 5.46. The summed E-state index contributed by atoms with van der Waals surface area (Å²) in [6.45, 7) is 6.55. The van der Waals surface area contributed by atoms with Crippen LogP contribution in [0.2, 0.25) is 0 Å². The molecule has 5 rings (SSSR count). The van der Waals surface area contributed by atoms with Gasteiger partial charge in [0, 0.05) is 30.8 Å². The van der Waals surface area contributed by atoms with Gasteiger partial charge in [0.15, 0.2) is 17.1 Å². The number of likely N-dealkylation sites (tertiary alicyclic amines) is 1. The average molecular weight is 479 g/mol. The van der Waals surface area contributed by atoms with Gasteiger partial charge in [0.2, 0.25) is 5.91 Å². The summed E-state index contributed by atoms with van der Waals surface area (Å²) in [5.41, 5.74) is 7.82. The summed E-state index contributed by atoms with van der Waals surface area (Å²) < 4.78 is 19.1. The van der Waals surface area contributed by atoms with Gasteiger partial charge in [0.25, 0.3) is 5.56 Å². The number of aromatic nitrogens is 4. The molecule has 1 aliphatic heterocycles. The number of amides is 1. The molecular weight excluding hydrogens is 452 g/mol. The Hall–Kier alpha value is -4.28. The Morgan fingerprint density at radius 3 is 2.83 bits per heavy atom. The normalized spacial score (nSPS) is 16.1. The van der Waals surface area contributed by atoms with E-state index in [2.05, 4.69) is 21.9 Å². The van der Waals surface area contributed by atoms with Gasteiger partial charge in [0.05, 0.1) is 31.0 Å². The number of carbonyl (C=O) groups excluding carboxylic acids is 1. The van der Waals surface area contributed by atoms with Gasteiger partial charge >= 0.3 is 0 Å². The second-order valence-electron chi connectivity index (χ2n) is 8.50. The number of nitrogens with one attached hydrogen (secondary N) is 1. The molecule has 1 fully saturated rings. The number of fused-ring (bicyclic) bond motifs is 2. The van der Waals surface area contributed by atoms with Gasteiger partial charge in [-0.1, -0.05) is 6.58 Å². The molecule has 182 valence electrons. The van der Waals surface area contributed by atoms with Gasteiger partial charge < -0.3 is 24.5 Å². The van der Waals surface area contributed by atoms with E-state index in [1.807, 2.05) is 6.92 Å². The van der Waals surface area contributed by atoms with Gasteiger partial charge in [0.1, 0.15) is 22.8 Å². The number of aryl methyl sites for hydroxylation is 1. The monoisotopic (exact) mass is 478 g/mol. The maximum Gasteiger partial charge on any atom is 0.292 e. The smallest absolute Gasteiger partial charge is 0.292 e. The minimum absolute atomic E-state index is 0.125. The van der Waals surface area contributed by atoms with Gasteiger partial charge in [-0.3, -0.25) is 14.3 Å². The maximum absolute atomic E-state index is 12.7. The first-order chi connectivity index (χ1) is 16.9. The second kappa shape index (κ2) is 8.49. The summed E-state index contributed by atoms with van der Waals surface area (Å²) in [4.78, 5) is 26.7. The van der Waals surface area contributed by atoms with Crippen molar-refractivity contribution in [2.24, 2.45) is 0 Å². The van der Waals surface area contributed by atoms with Crippen molar-refractivity contribution in [1.29, 1.82) is 0 Å². The predicted molar refractivity (Wildman–Crippen MR) is 131 cm³/mol. The molecular formula is C24H26N6O5. The summed E-state index contributed by atoms with van der Waals surface area (Å²) in [5.74, 6) is 1.63. The third kappa shape index (κ3) is 3.50. The van der Waals surface area contributed by atoms with Crippen LogP contribution in [0.3, 0.4) is 0 Å². The number of aromatic amines is 1. The van der Waals surface area contributed by atoms with E-state index in [9.17, 15) is 9.59 Å². The molecule has 0 radical (unpaired) electrons. The number of H-pyrrole nitrogens is 1. The molecule has 1 amide bonds. The minimum Gasteiger partial charge on any atom is -0.496 e. The fourth-order valence-electron chi connectivity index (χ4n) is 4.84. The highest BCUT2D eigenvalue weighted by Crippen LogP contribution is 2.44. The number of piperidine rings is 1. The molecule has 1 unspecified atom stereocenters. The van der Waals surface area contributed by atoms with Crippen molar-refractivity contribution in [3.63, 3.8) is 0 Å². The van der Waals surface area contributed by atoms with Crippen molar-refractivity contribution in [2.45, 2.75) is 25.8 Å². The molecule has 3 aromatic heterocycles. The molecule has 1 aromatic carbocycles. The molecule has 0 spiro atoms. The highest BCUT2D eigenvalue weighted by Gasteiger charge is 2.31. The number of carbonyl (C=O) groups is 1. The van der Waals surface area contributed by atoms with E-state index in [1.54, 1.807) is 35.9 Å². The van der Waals surface area contributed by atoms with E-state index in [4.69, 9.17) is 19.6 Å². The first-order valence-corrected chi connectivity index (χ1v) is 11.2. The lowest BCUT2D eigenvalue weighted by atomic mass is 10.0. The second-order valence-corrected chi connectivity index (χ2v) is 8.50. The molecule has 4 heterocycles. The molecule has 3 N–H and O–H groups in total.